The number of aromatic amines is 1. The number of para-hydroxylation sites is 2. The summed E-state index contributed by atoms with van der Waals surface area (Å²) in [6.07, 6.45) is 0. The van der Waals surface area contributed by atoms with E-state index < -0.39 is 0 Å². The number of fused-ring (bicyclic) bond motifs is 6. The highest BCUT2D eigenvalue weighted by Crippen LogP contribution is 2.49. The van der Waals surface area contributed by atoms with Crippen LogP contribution in [0, 0.1) is 0 Å². The van der Waals surface area contributed by atoms with Crippen molar-refractivity contribution in [2.75, 3.05) is 4.90 Å². The van der Waals surface area contributed by atoms with Crippen LogP contribution in [0.5, 0.6) is 0 Å². The largest absolute Gasteiger partial charge is 0.355 e. The zero-order valence-corrected chi connectivity index (χ0v) is 26.5. The summed E-state index contributed by atoms with van der Waals surface area (Å²) in [6.45, 7) is 4.69. The second-order valence-corrected chi connectivity index (χ2v) is 13.1. The molecule has 0 aliphatic heterocycles. The molecule has 0 atom stereocenters. The van der Waals surface area contributed by atoms with Crippen LogP contribution in [-0.4, -0.2) is 4.98 Å². The maximum atomic E-state index is 3.66. The summed E-state index contributed by atoms with van der Waals surface area (Å²) in [5.41, 5.74) is 16.1. The highest BCUT2D eigenvalue weighted by Gasteiger charge is 2.35. The van der Waals surface area contributed by atoms with E-state index in [1.165, 1.54) is 55.3 Å². The van der Waals surface area contributed by atoms with Gasteiger partial charge in [0, 0.05) is 44.3 Å². The molecule has 1 heterocycles. The first-order chi connectivity index (χ1) is 23.0. The van der Waals surface area contributed by atoms with Crippen LogP contribution in [0.1, 0.15) is 25.0 Å². The lowest BCUT2D eigenvalue weighted by Crippen LogP contribution is -2.14. The lowest BCUT2D eigenvalue weighted by Gasteiger charge is -2.25. The fourth-order valence-corrected chi connectivity index (χ4v) is 7.54. The van der Waals surface area contributed by atoms with Crippen LogP contribution in [0.2, 0.25) is 0 Å². The predicted molar refractivity (Wildman–Crippen MR) is 199 cm³/mol. The molecule has 7 aromatic carbocycles. The van der Waals surface area contributed by atoms with Crippen molar-refractivity contribution in [1.82, 2.24) is 4.98 Å². The number of anilines is 3. The molecule has 0 bridgehead atoms. The fraction of sp³-hybridized carbons (Fsp3) is 0.0667. The van der Waals surface area contributed by atoms with E-state index >= 15 is 0 Å². The van der Waals surface area contributed by atoms with Crippen LogP contribution in [0.15, 0.2) is 164 Å². The van der Waals surface area contributed by atoms with E-state index in [2.05, 4.69) is 188 Å². The lowest BCUT2D eigenvalue weighted by atomic mass is 9.81. The van der Waals surface area contributed by atoms with Crippen LogP contribution >= 0.6 is 0 Å². The zero-order chi connectivity index (χ0) is 31.5. The molecule has 0 fully saturated rings. The molecule has 2 nitrogen and oxygen atoms in total. The Kier molecular flexibility index (Phi) is 6.20. The molecule has 0 saturated carbocycles. The third-order valence-corrected chi connectivity index (χ3v) is 10.0. The third-order valence-electron chi connectivity index (χ3n) is 10.0. The highest BCUT2D eigenvalue weighted by molar-refractivity contribution is 6.09. The van der Waals surface area contributed by atoms with Crippen LogP contribution in [0.3, 0.4) is 0 Å². The summed E-state index contributed by atoms with van der Waals surface area (Å²) in [4.78, 5) is 5.95. The van der Waals surface area contributed by atoms with E-state index in [1.807, 2.05) is 0 Å². The minimum Gasteiger partial charge on any atom is -0.355 e. The maximum absolute atomic E-state index is 3.66. The van der Waals surface area contributed by atoms with Crippen LogP contribution in [0.4, 0.5) is 17.1 Å². The number of aromatic nitrogens is 1. The van der Waals surface area contributed by atoms with E-state index in [-0.39, 0.29) is 5.41 Å². The van der Waals surface area contributed by atoms with Gasteiger partial charge in [0.15, 0.2) is 0 Å². The summed E-state index contributed by atoms with van der Waals surface area (Å²) >= 11 is 0. The monoisotopic (exact) mass is 602 g/mol. The first-order valence-electron chi connectivity index (χ1n) is 16.4. The molecule has 0 saturated heterocycles. The fourth-order valence-electron chi connectivity index (χ4n) is 7.54. The van der Waals surface area contributed by atoms with E-state index in [1.54, 1.807) is 0 Å². The Bertz CT molecular complexity index is 2380. The number of nitrogens with one attached hydrogen (secondary N) is 1. The Morgan fingerprint density at radius 2 is 0.872 bits per heavy atom. The molecule has 9 rings (SSSR count). The molecule has 0 amide bonds. The van der Waals surface area contributed by atoms with Crippen molar-refractivity contribution in [2.24, 2.45) is 0 Å². The van der Waals surface area contributed by atoms with Crippen LogP contribution in [0.25, 0.3) is 55.2 Å². The van der Waals surface area contributed by atoms with Gasteiger partial charge in [-0.05, 0) is 111 Å². The average Bonchev–Trinajstić information content (AvgIpc) is 3.60. The normalized spacial score (nSPS) is 13.1. The van der Waals surface area contributed by atoms with Gasteiger partial charge in [0.2, 0.25) is 0 Å². The van der Waals surface area contributed by atoms with Crippen LogP contribution in [-0.2, 0) is 5.41 Å². The minimum absolute atomic E-state index is 0.0174. The van der Waals surface area contributed by atoms with Gasteiger partial charge in [0.25, 0.3) is 0 Å². The van der Waals surface area contributed by atoms with Crippen molar-refractivity contribution < 1.29 is 0 Å². The van der Waals surface area contributed by atoms with Gasteiger partial charge in [-0.15, -0.1) is 0 Å². The maximum Gasteiger partial charge on any atom is 0.0465 e. The summed E-state index contributed by atoms with van der Waals surface area (Å²) in [5.74, 6) is 0. The van der Waals surface area contributed by atoms with Crippen molar-refractivity contribution >= 4 is 38.9 Å². The van der Waals surface area contributed by atoms with Gasteiger partial charge in [-0.2, -0.15) is 0 Å². The summed E-state index contributed by atoms with van der Waals surface area (Å²) in [7, 11) is 0. The van der Waals surface area contributed by atoms with E-state index in [0.29, 0.717) is 0 Å². The van der Waals surface area contributed by atoms with Gasteiger partial charge in [-0.1, -0.05) is 111 Å². The Hall–Kier alpha value is -5.86. The quantitative estimate of drug-likeness (QED) is 0.208. The molecule has 1 aliphatic carbocycles. The standard InChI is InChI=1S/C45H34N2/c1-45(2)41-16-10-9-15-37(41)38-24-19-33(29-42(38)45)32-21-26-44-40(28-32)39-27-31(20-25-43(39)46-44)30-17-22-36(23-18-30)47(34-11-5-3-6-12-34)35-13-7-4-8-14-35/h3-29,46H,1-2H3. The summed E-state index contributed by atoms with van der Waals surface area (Å²) in [6, 6.07) is 59.5. The van der Waals surface area contributed by atoms with Crippen molar-refractivity contribution in [3.8, 4) is 33.4 Å². The predicted octanol–water partition coefficient (Wildman–Crippen LogP) is 12.4. The average molecular weight is 603 g/mol. The van der Waals surface area contributed by atoms with Crippen molar-refractivity contribution in [2.45, 2.75) is 19.3 Å². The molecule has 0 radical (unpaired) electrons. The van der Waals surface area contributed by atoms with Gasteiger partial charge >= 0.3 is 0 Å². The molecule has 8 aromatic rings. The molecule has 2 heteroatoms. The number of benzene rings is 7. The minimum atomic E-state index is -0.0174. The zero-order valence-electron chi connectivity index (χ0n) is 26.5. The van der Waals surface area contributed by atoms with Gasteiger partial charge < -0.3 is 9.88 Å². The lowest BCUT2D eigenvalue weighted by molar-refractivity contribution is 0.660. The first-order valence-corrected chi connectivity index (χ1v) is 16.4. The first kappa shape index (κ1) is 27.5. The van der Waals surface area contributed by atoms with Gasteiger partial charge in [-0.25, -0.2) is 0 Å². The van der Waals surface area contributed by atoms with Gasteiger partial charge in [0.05, 0.1) is 0 Å². The molecule has 0 spiro atoms. The number of hydrogen-bond donors (Lipinski definition) is 1. The second kappa shape index (κ2) is 10.6. The molecule has 1 N–H and O–H groups in total. The number of hydrogen-bond acceptors (Lipinski definition) is 1. The number of rotatable bonds is 5. The molecule has 0 unspecified atom stereocenters. The van der Waals surface area contributed by atoms with Crippen molar-refractivity contribution in [1.29, 1.82) is 0 Å². The third kappa shape index (κ3) is 4.48. The van der Waals surface area contributed by atoms with E-state index in [0.717, 1.165) is 28.1 Å². The second-order valence-electron chi connectivity index (χ2n) is 13.1. The van der Waals surface area contributed by atoms with E-state index in [9.17, 15) is 0 Å². The SMILES string of the molecule is CC1(C)c2ccccc2-c2ccc(-c3ccc4[nH]c5ccc(-c6ccc(N(c7ccccc7)c7ccccc7)cc6)cc5c4c3)cc21. The Morgan fingerprint density at radius 1 is 0.404 bits per heavy atom. The smallest absolute Gasteiger partial charge is 0.0465 e. The summed E-state index contributed by atoms with van der Waals surface area (Å²) < 4.78 is 0. The number of nitrogens with zero attached hydrogens (tertiary/aromatic N) is 1. The Balaban J connectivity index is 1.08. The molecular weight excluding hydrogens is 569 g/mol. The Labute approximate surface area is 275 Å². The highest BCUT2D eigenvalue weighted by atomic mass is 15.1. The topological polar surface area (TPSA) is 19.0 Å². The Morgan fingerprint density at radius 3 is 1.51 bits per heavy atom. The molecule has 47 heavy (non-hydrogen) atoms. The molecule has 224 valence electrons. The van der Waals surface area contributed by atoms with Crippen LogP contribution < -0.4 is 4.90 Å². The molecule has 1 aromatic heterocycles. The summed E-state index contributed by atoms with van der Waals surface area (Å²) in [5, 5.41) is 2.49. The van der Waals surface area contributed by atoms with Gasteiger partial charge in [-0.3, -0.25) is 0 Å². The molecular formula is C45H34N2. The van der Waals surface area contributed by atoms with Crippen molar-refractivity contribution in [3.05, 3.63) is 175 Å². The van der Waals surface area contributed by atoms with Crippen molar-refractivity contribution in [3.63, 3.8) is 0 Å². The van der Waals surface area contributed by atoms with Gasteiger partial charge in [0.1, 0.15) is 0 Å². The van der Waals surface area contributed by atoms with E-state index in [4.69, 9.17) is 0 Å². The number of H-pyrrole nitrogens is 1. The molecule has 1 aliphatic rings.